The summed E-state index contributed by atoms with van der Waals surface area (Å²) < 4.78 is 0. The highest BCUT2D eigenvalue weighted by Crippen LogP contribution is 2.28. The van der Waals surface area contributed by atoms with E-state index in [4.69, 9.17) is 5.11 Å². The minimum absolute atomic E-state index is 0.0559. The molecule has 0 bridgehead atoms. The Hall–Kier alpha value is -2.17. The molecule has 0 saturated heterocycles. The number of carboxylic acid groups (broad SMARTS) is 1. The molecule has 88 valence electrons. The fraction of sp³-hybridized carbons (Fsp3) is 0.250. The van der Waals surface area contributed by atoms with Crippen molar-refractivity contribution in [1.82, 2.24) is 0 Å². The van der Waals surface area contributed by atoms with Gasteiger partial charge in [0.15, 0.2) is 0 Å². The molecule has 0 amide bonds. The molecule has 0 heterocycles. The number of nitrogens with zero attached hydrogens (tertiary/aromatic N) is 1. The first-order chi connectivity index (χ1) is 8.06. The van der Waals surface area contributed by atoms with Crippen LogP contribution >= 0.6 is 0 Å². The van der Waals surface area contributed by atoms with Crippen molar-refractivity contribution in [3.63, 3.8) is 0 Å². The first-order valence-electron chi connectivity index (χ1n) is 5.25. The molecule has 5 heteroatoms. The normalized spacial score (nSPS) is 16.6. The third kappa shape index (κ3) is 2.50. The Kier molecular flexibility index (Phi) is 2.91. The molecule has 0 aromatic heterocycles. The summed E-state index contributed by atoms with van der Waals surface area (Å²) in [6.45, 7) is 0. The molecule has 17 heavy (non-hydrogen) atoms. The van der Waals surface area contributed by atoms with Gasteiger partial charge >= 0.3 is 5.97 Å². The number of allylic oxidation sites excluding steroid dienone is 1. The van der Waals surface area contributed by atoms with Crippen LogP contribution in [0.3, 0.4) is 0 Å². The maximum atomic E-state index is 10.6. The van der Waals surface area contributed by atoms with E-state index in [0.29, 0.717) is 12.8 Å². The number of aryl methyl sites for hydroxylation is 1. The summed E-state index contributed by atoms with van der Waals surface area (Å²) in [6.07, 6.45) is 3.13. The van der Waals surface area contributed by atoms with Crippen molar-refractivity contribution in [3.8, 4) is 0 Å². The first-order valence-corrected chi connectivity index (χ1v) is 5.25. The van der Waals surface area contributed by atoms with Gasteiger partial charge in [-0.05, 0) is 30.4 Å². The quantitative estimate of drug-likeness (QED) is 0.481. The van der Waals surface area contributed by atoms with Crippen LogP contribution in [-0.2, 0) is 17.6 Å². The van der Waals surface area contributed by atoms with Gasteiger partial charge in [0.2, 0.25) is 0 Å². The Labute approximate surface area is 97.5 Å². The predicted octanol–water partition coefficient (Wildman–Crippen LogP) is 2.09. The number of carboxylic acids is 1. The number of carbonyl (C=O) groups is 1. The summed E-state index contributed by atoms with van der Waals surface area (Å²) in [6, 6.07) is 4.78. The van der Waals surface area contributed by atoms with Crippen LogP contribution in [0.5, 0.6) is 0 Å². The predicted molar refractivity (Wildman–Crippen MR) is 60.8 cm³/mol. The lowest BCUT2D eigenvalue weighted by molar-refractivity contribution is -0.384. The van der Waals surface area contributed by atoms with Gasteiger partial charge in [-0.25, -0.2) is 4.79 Å². The molecule has 1 N–H and O–H groups in total. The fourth-order valence-corrected chi connectivity index (χ4v) is 2.06. The van der Waals surface area contributed by atoms with Gasteiger partial charge in [-0.3, -0.25) is 10.1 Å². The average molecular weight is 233 g/mol. The Bertz CT molecular complexity index is 519. The van der Waals surface area contributed by atoms with Gasteiger partial charge < -0.3 is 5.11 Å². The second-order valence-corrected chi connectivity index (χ2v) is 4.03. The molecule has 0 fully saturated rings. The molecule has 0 spiro atoms. The molecular formula is C12H11NO4. The lowest BCUT2D eigenvalue weighted by Gasteiger charge is -2.17. The molecule has 2 rings (SSSR count). The summed E-state index contributed by atoms with van der Waals surface area (Å²) in [5.41, 5.74) is 2.79. The van der Waals surface area contributed by atoms with Crippen LogP contribution in [0.2, 0.25) is 0 Å². The van der Waals surface area contributed by atoms with Gasteiger partial charge in [-0.15, -0.1) is 0 Å². The Morgan fingerprint density at radius 1 is 1.35 bits per heavy atom. The molecular weight excluding hydrogens is 222 g/mol. The maximum absolute atomic E-state index is 10.6. The van der Waals surface area contributed by atoms with Crippen LogP contribution in [0.25, 0.3) is 0 Å². The summed E-state index contributed by atoms with van der Waals surface area (Å²) in [4.78, 5) is 20.8. The Morgan fingerprint density at radius 3 is 2.76 bits per heavy atom. The van der Waals surface area contributed by atoms with Crippen molar-refractivity contribution in [1.29, 1.82) is 0 Å². The van der Waals surface area contributed by atoms with Gasteiger partial charge in [0, 0.05) is 18.2 Å². The van der Waals surface area contributed by atoms with E-state index in [1.807, 2.05) is 0 Å². The van der Waals surface area contributed by atoms with Crippen molar-refractivity contribution in [3.05, 3.63) is 51.1 Å². The van der Waals surface area contributed by atoms with E-state index in [9.17, 15) is 14.9 Å². The maximum Gasteiger partial charge on any atom is 0.328 e. The highest BCUT2D eigenvalue weighted by molar-refractivity contribution is 5.80. The van der Waals surface area contributed by atoms with Crippen LogP contribution in [-0.4, -0.2) is 16.0 Å². The van der Waals surface area contributed by atoms with Crippen molar-refractivity contribution in [2.45, 2.75) is 19.3 Å². The molecule has 0 unspecified atom stereocenters. The van der Waals surface area contributed by atoms with Gasteiger partial charge in [0.05, 0.1) is 4.92 Å². The number of hydrogen-bond donors (Lipinski definition) is 1. The third-order valence-electron chi connectivity index (χ3n) is 2.86. The topological polar surface area (TPSA) is 80.4 Å². The summed E-state index contributed by atoms with van der Waals surface area (Å²) in [5, 5.41) is 19.3. The second kappa shape index (κ2) is 4.37. The van der Waals surface area contributed by atoms with E-state index in [2.05, 4.69) is 0 Å². The van der Waals surface area contributed by atoms with Crippen molar-refractivity contribution < 1.29 is 14.8 Å². The zero-order valence-corrected chi connectivity index (χ0v) is 9.05. The fourth-order valence-electron chi connectivity index (χ4n) is 2.06. The third-order valence-corrected chi connectivity index (χ3v) is 2.86. The molecule has 5 nitrogen and oxygen atoms in total. The molecule has 0 saturated carbocycles. The molecule has 1 aliphatic carbocycles. The molecule has 1 aromatic rings. The highest BCUT2D eigenvalue weighted by Gasteiger charge is 2.17. The number of fused-ring (bicyclic) bond motifs is 1. The smallest absolute Gasteiger partial charge is 0.328 e. The van der Waals surface area contributed by atoms with Crippen LogP contribution in [0.1, 0.15) is 17.5 Å². The molecule has 0 radical (unpaired) electrons. The van der Waals surface area contributed by atoms with Gasteiger partial charge in [0.25, 0.3) is 5.69 Å². The van der Waals surface area contributed by atoms with E-state index < -0.39 is 10.9 Å². The lowest BCUT2D eigenvalue weighted by Crippen LogP contribution is -2.07. The Morgan fingerprint density at radius 2 is 2.12 bits per heavy atom. The number of non-ortho nitro benzene ring substituents is 1. The highest BCUT2D eigenvalue weighted by atomic mass is 16.6. The summed E-state index contributed by atoms with van der Waals surface area (Å²) in [7, 11) is 0. The zero-order chi connectivity index (χ0) is 12.4. The number of nitro benzene ring substituents is 1. The number of nitro groups is 1. The number of rotatable bonds is 2. The lowest BCUT2D eigenvalue weighted by atomic mass is 9.87. The first kappa shape index (κ1) is 11.3. The van der Waals surface area contributed by atoms with Crippen molar-refractivity contribution in [2.24, 2.45) is 0 Å². The number of benzene rings is 1. The average Bonchev–Trinajstić information content (AvgIpc) is 2.27. The monoisotopic (exact) mass is 233 g/mol. The molecule has 0 aliphatic heterocycles. The van der Waals surface area contributed by atoms with E-state index in [-0.39, 0.29) is 5.69 Å². The van der Waals surface area contributed by atoms with Gasteiger partial charge in [0.1, 0.15) is 0 Å². The molecule has 1 aliphatic rings. The molecule has 1 aromatic carbocycles. The second-order valence-electron chi connectivity index (χ2n) is 4.03. The van der Waals surface area contributed by atoms with E-state index >= 15 is 0 Å². The van der Waals surface area contributed by atoms with E-state index in [0.717, 1.165) is 23.1 Å². The number of hydrogen-bond acceptors (Lipinski definition) is 3. The minimum atomic E-state index is -0.964. The minimum Gasteiger partial charge on any atom is -0.478 e. The van der Waals surface area contributed by atoms with Crippen LogP contribution in [0, 0.1) is 10.1 Å². The van der Waals surface area contributed by atoms with E-state index in [1.165, 1.54) is 18.2 Å². The largest absolute Gasteiger partial charge is 0.478 e. The van der Waals surface area contributed by atoms with Crippen LogP contribution in [0.15, 0.2) is 29.8 Å². The Balaban J connectivity index is 2.32. The molecule has 0 atom stereocenters. The van der Waals surface area contributed by atoms with Crippen LogP contribution in [0.4, 0.5) is 5.69 Å². The van der Waals surface area contributed by atoms with Crippen LogP contribution < -0.4 is 0 Å². The van der Waals surface area contributed by atoms with E-state index in [1.54, 1.807) is 6.07 Å². The van der Waals surface area contributed by atoms with Gasteiger partial charge in [-0.2, -0.15) is 0 Å². The summed E-state index contributed by atoms with van der Waals surface area (Å²) >= 11 is 0. The zero-order valence-electron chi connectivity index (χ0n) is 9.05. The van der Waals surface area contributed by atoms with Gasteiger partial charge in [-0.1, -0.05) is 11.6 Å². The van der Waals surface area contributed by atoms with Crippen molar-refractivity contribution >= 4 is 11.7 Å². The van der Waals surface area contributed by atoms with Crippen molar-refractivity contribution in [2.75, 3.05) is 0 Å². The standard InChI is InChI=1S/C12H11NO4/c14-12(15)6-8-1-2-9-3-4-11(13(16)17)7-10(9)5-8/h3-4,6-7H,1-2,5H2,(H,14,15)/b8-6+. The summed E-state index contributed by atoms with van der Waals surface area (Å²) in [5.74, 6) is -0.964. The SMILES string of the molecule is O=C(O)/C=C1\CCc2ccc([N+](=O)[O-])cc2C1. The number of aliphatic carboxylic acids is 1.